The number of esters is 1. The maximum atomic E-state index is 12.4. The van der Waals surface area contributed by atoms with Gasteiger partial charge in [-0.05, 0) is 49.2 Å². The zero-order valence-corrected chi connectivity index (χ0v) is 15.2. The van der Waals surface area contributed by atoms with Crippen molar-refractivity contribution in [1.82, 2.24) is 4.72 Å². The lowest BCUT2D eigenvalue weighted by Crippen LogP contribution is -2.29. The van der Waals surface area contributed by atoms with Gasteiger partial charge in [0.1, 0.15) is 12.4 Å². The average molecular weight is 363 g/mol. The van der Waals surface area contributed by atoms with Crippen LogP contribution >= 0.6 is 0 Å². The molecule has 0 spiro atoms. The van der Waals surface area contributed by atoms with Crippen LogP contribution in [0.25, 0.3) is 0 Å². The van der Waals surface area contributed by atoms with E-state index in [1.165, 1.54) is 25.3 Å². The molecule has 0 amide bonds. The molecule has 134 valence electrons. The topological polar surface area (TPSA) is 81.7 Å². The van der Waals surface area contributed by atoms with Crippen molar-refractivity contribution in [3.8, 4) is 5.75 Å². The normalized spacial score (nSPS) is 11.2. The summed E-state index contributed by atoms with van der Waals surface area (Å²) in [5, 5.41) is 0. The number of aryl methyl sites for hydroxylation is 2. The van der Waals surface area contributed by atoms with E-state index in [0.717, 1.165) is 11.3 Å². The summed E-state index contributed by atoms with van der Waals surface area (Å²) < 4.78 is 37.5. The Bertz CT molecular complexity index is 862. The van der Waals surface area contributed by atoms with Crippen LogP contribution in [-0.4, -0.2) is 34.6 Å². The van der Waals surface area contributed by atoms with Gasteiger partial charge >= 0.3 is 5.97 Å². The molecule has 0 heterocycles. The van der Waals surface area contributed by atoms with Crippen LogP contribution in [0.4, 0.5) is 0 Å². The first-order valence-electron chi connectivity index (χ1n) is 7.72. The highest BCUT2D eigenvalue weighted by atomic mass is 32.2. The number of ether oxygens (including phenoxy) is 2. The molecule has 0 radical (unpaired) electrons. The standard InChI is InChI=1S/C18H21NO5S/c1-13-6-4-5-7-16(13)24-11-10-19-25(21,22)17-9-8-15(12-14(17)2)18(20)23-3/h4-9,12,19H,10-11H2,1-3H3. The van der Waals surface area contributed by atoms with Gasteiger partial charge in [0.25, 0.3) is 0 Å². The van der Waals surface area contributed by atoms with E-state index in [9.17, 15) is 13.2 Å². The molecule has 0 fully saturated rings. The van der Waals surface area contributed by atoms with Crippen LogP contribution in [0.3, 0.4) is 0 Å². The predicted octanol–water partition coefficient (Wildman–Crippen LogP) is 2.45. The molecule has 0 atom stereocenters. The molecule has 2 aromatic carbocycles. The summed E-state index contributed by atoms with van der Waals surface area (Å²) in [5.41, 5.74) is 1.76. The average Bonchev–Trinajstić information content (AvgIpc) is 2.59. The number of benzene rings is 2. The first kappa shape index (κ1) is 19.0. The van der Waals surface area contributed by atoms with Gasteiger partial charge in [-0.25, -0.2) is 17.9 Å². The smallest absolute Gasteiger partial charge is 0.337 e. The fourth-order valence-electron chi connectivity index (χ4n) is 2.33. The Hall–Kier alpha value is -2.38. The summed E-state index contributed by atoms with van der Waals surface area (Å²) in [5.74, 6) is 0.215. The number of nitrogens with one attached hydrogen (secondary N) is 1. The molecule has 25 heavy (non-hydrogen) atoms. The molecule has 0 unspecified atom stereocenters. The highest BCUT2D eigenvalue weighted by Gasteiger charge is 2.18. The number of para-hydroxylation sites is 1. The van der Waals surface area contributed by atoms with Crippen LogP contribution in [0.2, 0.25) is 0 Å². The fourth-order valence-corrected chi connectivity index (χ4v) is 3.57. The second kappa shape index (κ2) is 8.13. The molecule has 0 saturated carbocycles. The summed E-state index contributed by atoms with van der Waals surface area (Å²) in [6, 6.07) is 11.8. The Morgan fingerprint density at radius 2 is 1.80 bits per heavy atom. The van der Waals surface area contributed by atoms with Crippen molar-refractivity contribution in [1.29, 1.82) is 0 Å². The van der Waals surface area contributed by atoms with Crippen LogP contribution in [0.5, 0.6) is 5.75 Å². The van der Waals surface area contributed by atoms with Crippen molar-refractivity contribution in [2.45, 2.75) is 18.7 Å². The molecular weight excluding hydrogens is 342 g/mol. The number of sulfonamides is 1. The van der Waals surface area contributed by atoms with Crippen molar-refractivity contribution < 1.29 is 22.7 Å². The monoisotopic (exact) mass is 363 g/mol. The molecule has 0 aliphatic heterocycles. The minimum Gasteiger partial charge on any atom is -0.492 e. The minimum absolute atomic E-state index is 0.121. The van der Waals surface area contributed by atoms with E-state index in [4.69, 9.17) is 4.74 Å². The van der Waals surface area contributed by atoms with Gasteiger partial charge in [-0.3, -0.25) is 0 Å². The highest BCUT2D eigenvalue weighted by Crippen LogP contribution is 2.18. The maximum Gasteiger partial charge on any atom is 0.337 e. The van der Waals surface area contributed by atoms with Crippen LogP contribution in [0, 0.1) is 13.8 Å². The number of methoxy groups -OCH3 is 1. The molecule has 0 aliphatic carbocycles. The maximum absolute atomic E-state index is 12.4. The molecular formula is C18H21NO5S. The third-order valence-corrected chi connectivity index (χ3v) is 5.25. The number of rotatable bonds is 7. The van der Waals surface area contributed by atoms with Crippen molar-refractivity contribution >= 4 is 16.0 Å². The van der Waals surface area contributed by atoms with Gasteiger partial charge in [-0.15, -0.1) is 0 Å². The Balaban J connectivity index is 1.99. The summed E-state index contributed by atoms with van der Waals surface area (Å²) in [7, 11) is -2.41. The second-order valence-corrected chi connectivity index (χ2v) is 7.22. The van der Waals surface area contributed by atoms with Crippen molar-refractivity contribution in [3.05, 3.63) is 59.2 Å². The van der Waals surface area contributed by atoms with Gasteiger partial charge in [-0.1, -0.05) is 18.2 Å². The summed E-state index contributed by atoms with van der Waals surface area (Å²) in [6.07, 6.45) is 0. The number of carbonyl (C=O) groups excluding carboxylic acids is 1. The lowest BCUT2D eigenvalue weighted by molar-refractivity contribution is 0.0600. The first-order valence-corrected chi connectivity index (χ1v) is 9.20. The third-order valence-electron chi connectivity index (χ3n) is 3.63. The number of hydrogen-bond acceptors (Lipinski definition) is 5. The van der Waals surface area contributed by atoms with E-state index in [1.807, 2.05) is 31.2 Å². The lowest BCUT2D eigenvalue weighted by atomic mass is 10.1. The van der Waals surface area contributed by atoms with E-state index in [-0.39, 0.29) is 18.0 Å². The Kier molecular flexibility index (Phi) is 6.17. The molecule has 0 aliphatic rings. The Morgan fingerprint density at radius 3 is 2.44 bits per heavy atom. The molecule has 6 nitrogen and oxygen atoms in total. The minimum atomic E-state index is -3.69. The van der Waals surface area contributed by atoms with E-state index in [0.29, 0.717) is 11.1 Å². The SMILES string of the molecule is COC(=O)c1ccc(S(=O)(=O)NCCOc2ccccc2C)c(C)c1. The van der Waals surface area contributed by atoms with Crippen molar-refractivity contribution in [3.63, 3.8) is 0 Å². The molecule has 7 heteroatoms. The van der Waals surface area contributed by atoms with Gasteiger partial charge in [0.2, 0.25) is 10.0 Å². The van der Waals surface area contributed by atoms with Crippen LogP contribution < -0.4 is 9.46 Å². The van der Waals surface area contributed by atoms with E-state index < -0.39 is 16.0 Å². The third kappa shape index (κ3) is 4.80. The number of carbonyl (C=O) groups is 1. The molecule has 2 rings (SSSR count). The molecule has 0 bridgehead atoms. The van der Waals surface area contributed by atoms with Crippen LogP contribution in [0.1, 0.15) is 21.5 Å². The van der Waals surface area contributed by atoms with Gasteiger partial charge in [0.15, 0.2) is 0 Å². The fraction of sp³-hybridized carbons (Fsp3) is 0.278. The molecule has 0 aromatic heterocycles. The predicted molar refractivity (Wildman–Crippen MR) is 94.4 cm³/mol. The highest BCUT2D eigenvalue weighted by molar-refractivity contribution is 7.89. The van der Waals surface area contributed by atoms with Crippen LogP contribution in [0.15, 0.2) is 47.4 Å². The van der Waals surface area contributed by atoms with Gasteiger partial charge in [0, 0.05) is 6.54 Å². The Labute approximate surface area is 147 Å². The van der Waals surface area contributed by atoms with E-state index in [2.05, 4.69) is 9.46 Å². The van der Waals surface area contributed by atoms with Crippen molar-refractivity contribution in [2.75, 3.05) is 20.3 Å². The second-order valence-electron chi connectivity index (χ2n) is 5.48. The number of hydrogen-bond donors (Lipinski definition) is 1. The Morgan fingerprint density at radius 1 is 1.08 bits per heavy atom. The van der Waals surface area contributed by atoms with Gasteiger partial charge < -0.3 is 9.47 Å². The molecule has 0 saturated heterocycles. The summed E-state index contributed by atoms with van der Waals surface area (Å²) >= 11 is 0. The largest absolute Gasteiger partial charge is 0.492 e. The zero-order valence-electron chi connectivity index (χ0n) is 14.4. The zero-order chi connectivity index (χ0) is 18.4. The quantitative estimate of drug-likeness (QED) is 0.604. The van der Waals surface area contributed by atoms with Gasteiger partial charge in [0.05, 0.1) is 17.6 Å². The molecule has 1 N–H and O–H groups in total. The summed E-state index contributed by atoms with van der Waals surface area (Å²) in [4.78, 5) is 11.6. The lowest BCUT2D eigenvalue weighted by Gasteiger charge is -2.12. The van der Waals surface area contributed by atoms with E-state index in [1.54, 1.807) is 6.92 Å². The van der Waals surface area contributed by atoms with Crippen molar-refractivity contribution in [2.24, 2.45) is 0 Å². The van der Waals surface area contributed by atoms with Crippen LogP contribution in [-0.2, 0) is 14.8 Å². The first-order chi connectivity index (χ1) is 11.8. The molecule has 2 aromatic rings. The van der Waals surface area contributed by atoms with E-state index >= 15 is 0 Å². The summed E-state index contributed by atoms with van der Waals surface area (Å²) in [6.45, 7) is 3.90. The van der Waals surface area contributed by atoms with Gasteiger partial charge in [-0.2, -0.15) is 0 Å².